The number of nitrogens with one attached hydrogen (secondary N) is 1. The Morgan fingerprint density at radius 2 is 1.83 bits per heavy atom. The molecule has 1 aromatic carbocycles. The minimum Gasteiger partial charge on any atom is -0.460 e. The Morgan fingerprint density at radius 1 is 1.10 bits per heavy atom. The highest BCUT2D eigenvalue weighted by atomic mass is 16.6. The standard InChI is InChI=1S/C24H31N3O2/c1-6-10-21-17-18(2)25-23(27-21)26-20-15-13-19(14-16-20)11-8-7-9-12-22(28)29-24(3,4)5/h13-17H,7-9,11-12H2,1-5H3,(H,25,26,27). The number of esters is 1. The number of anilines is 2. The number of benzene rings is 1. The van der Waals surface area contributed by atoms with Crippen LogP contribution < -0.4 is 5.32 Å². The number of unbranched alkanes of at least 4 members (excludes halogenated alkanes) is 2. The largest absolute Gasteiger partial charge is 0.460 e. The van der Waals surface area contributed by atoms with Crippen molar-refractivity contribution in [1.29, 1.82) is 0 Å². The van der Waals surface area contributed by atoms with Crippen LogP contribution >= 0.6 is 0 Å². The molecule has 0 aliphatic rings. The predicted octanol–water partition coefficient (Wildman–Crippen LogP) is 5.34. The summed E-state index contributed by atoms with van der Waals surface area (Å²) in [5, 5.41) is 3.24. The summed E-state index contributed by atoms with van der Waals surface area (Å²) in [6.45, 7) is 9.41. The van der Waals surface area contributed by atoms with Gasteiger partial charge in [0.05, 0.1) is 0 Å². The lowest BCUT2D eigenvalue weighted by Gasteiger charge is -2.19. The van der Waals surface area contributed by atoms with Crippen LogP contribution in [0.4, 0.5) is 11.6 Å². The Bertz CT molecular complexity index is 872. The average Bonchev–Trinajstić information content (AvgIpc) is 2.61. The summed E-state index contributed by atoms with van der Waals surface area (Å²) in [5.41, 5.74) is 3.41. The van der Waals surface area contributed by atoms with Gasteiger partial charge in [0.15, 0.2) is 0 Å². The molecule has 1 aromatic heterocycles. The number of aryl methyl sites for hydroxylation is 2. The molecule has 0 radical (unpaired) electrons. The van der Waals surface area contributed by atoms with Gasteiger partial charge in [-0.25, -0.2) is 9.97 Å². The molecule has 0 amide bonds. The average molecular weight is 394 g/mol. The fraction of sp³-hybridized carbons (Fsp3) is 0.458. The Hall–Kier alpha value is -2.87. The molecular formula is C24H31N3O2. The number of carbonyl (C=O) groups excluding carboxylic acids is 1. The van der Waals surface area contributed by atoms with Crippen LogP contribution in [0, 0.1) is 18.8 Å². The Morgan fingerprint density at radius 3 is 2.48 bits per heavy atom. The zero-order valence-corrected chi connectivity index (χ0v) is 18.1. The zero-order chi connectivity index (χ0) is 21.3. The van der Waals surface area contributed by atoms with E-state index in [2.05, 4.69) is 39.3 Å². The summed E-state index contributed by atoms with van der Waals surface area (Å²) < 4.78 is 5.33. The predicted molar refractivity (Wildman–Crippen MR) is 117 cm³/mol. The lowest BCUT2D eigenvalue weighted by Crippen LogP contribution is -2.23. The fourth-order valence-corrected chi connectivity index (χ4v) is 2.87. The number of hydrogen-bond acceptors (Lipinski definition) is 5. The van der Waals surface area contributed by atoms with Crippen LogP contribution in [0.25, 0.3) is 0 Å². The van der Waals surface area contributed by atoms with Crippen LogP contribution in [0.1, 0.15) is 70.3 Å². The highest BCUT2D eigenvalue weighted by Gasteiger charge is 2.15. The van der Waals surface area contributed by atoms with Gasteiger partial charge in [-0.2, -0.15) is 0 Å². The van der Waals surface area contributed by atoms with Crippen LogP contribution in [0.5, 0.6) is 0 Å². The molecule has 5 heteroatoms. The number of aromatic nitrogens is 2. The third-order valence-electron chi connectivity index (χ3n) is 4.08. The molecule has 0 saturated heterocycles. The van der Waals surface area contributed by atoms with Crippen LogP contribution in [0.3, 0.4) is 0 Å². The van der Waals surface area contributed by atoms with E-state index < -0.39 is 5.60 Å². The molecule has 0 saturated carbocycles. The summed E-state index contributed by atoms with van der Waals surface area (Å²) in [5.74, 6) is 6.27. The van der Waals surface area contributed by atoms with Gasteiger partial charge in [0, 0.05) is 17.8 Å². The van der Waals surface area contributed by atoms with E-state index in [0.717, 1.165) is 37.1 Å². The minimum atomic E-state index is -0.401. The zero-order valence-electron chi connectivity index (χ0n) is 18.1. The topological polar surface area (TPSA) is 64.1 Å². The molecule has 0 fully saturated rings. The van der Waals surface area contributed by atoms with E-state index in [9.17, 15) is 4.79 Å². The molecule has 2 aromatic rings. The summed E-state index contributed by atoms with van der Waals surface area (Å²) in [6.07, 6.45) is 4.41. The van der Waals surface area contributed by atoms with Crippen molar-refractivity contribution in [3.05, 3.63) is 47.3 Å². The van der Waals surface area contributed by atoms with E-state index in [4.69, 9.17) is 4.74 Å². The second kappa shape index (κ2) is 10.6. The number of carbonyl (C=O) groups is 1. The van der Waals surface area contributed by atoms with E-state index in [0.29, 0.717) is 18.1 Å². The number of ether oxygens (including phenoxy) is 1. The van der Waals surface area contributed by atoms with Gasteiger partial charge in [0.25, 0.3) is 0 Å². The summed E-state index contributed by atoms with van der Waals surface area (Å²) in [7, 11) is 0. The molecule has 29 heavy (non-hydrogen) atoms. The Balaban J connectivity index is 1.77. The fourth-order valence-electron chi connectivity index (χ4n) is 2.87. The quantitative estimate of drug-likeness (QED) is 0.372. The van der Waals surface area contributed by atoms with Crippen molar-refractivity contribution in [3.63, 3.8) is 0 Å². The molecule has 2 rings (SSSR count). The molecule has 1 heterocycles. The second-order valence-corrected chi connectivity index (χ2v) is 8.06. The third kappa shape index (κ3) is 8.78. The lowest BCUT2D eigenvalue weighted by atomic mass is 10.1. The van der Waals surface area contributed by atoms with Crippen LogP contribution in [-0.2, 0) is 16.0 Å². The van der Waals surface area contributed by atoms with Crippen molar-refractivity contribution < 1.29 is 9.53 Å². The van der Waals surface area contributed by atoms with Crippen molar-refractivity contribution in [2.45, 2.75) is 72.3 Å². The van der Waals surface area contributed by atoms with Crippen molar-refractivity contribution >= 4 is 17.6 Å². The van der Waals surface area contributed by atoms with Crippen LogP contribution in [0.2, 0.25) is 0 Å². The molecule has 0 aliphatic heterocycles. The second-order valence-electron chi connectivity index (χ2n) is 8.06. The number of nitrogens with zero attached hydrogens (tertiary/aromatic N) is 2. The first-order valence-corrected chi connectivity index (χ1v) is 10.1. The lowest BCUT2D eigenvalue weighted by molar-refractivity contribution is -0.154. The van der Waals surface area contributed by atoms with Gasteiger partial charge < -0.3 is 10.1 Å². The molecule has 0 atom stereocenters. The van der Waals surface area contributed by atoms with Gasteiger partial charge in [-0.1, -0.05) is 24.5 Å². The molecule has 0 bridgehead atoms. The Labute approximate surface area is 174 Å². The van der Waals surface area contributed by atoms with Crippen LogP contribution in [-0.4, -0.2) is 21.5 Å². The van der Waals surface area contributed by atoms with Gasteiger partial charge in [0.1, 0.15) is 11.3 Å². The molecule has 0 unspecified atom stereocenters. The van der Waals surface area contributed by atoms with Crippen molar-refractivity contribution in [2.24, 2.45) is 0 Å². The summed E-state index contributed by atoms with van der Waals surface area (Å²) in [4.78, 5) is 20.5. The van der Waals surface area contributed by atoms with E-state index in [-0.39, 0.29) is 5.97 Å². The first-order chi connectivity index (χ1) is 13.7. The van der Waals surface area contributed by atoms with E-state index in [1.165, 1.54) is 5.56 Å². The molecule has 0 spiro atoms. The molecular weight excluding hydrogens is 362 g/mol. The smallest absolute Gasteiger partial charge is 0.306 e. The number of rotatable bonds is 8. The monoisotopic (exact) mass is 393 g/mol. The van der Waals surface area contributed by atoms with E-state index >= 15 is 0 Å². The van der Waals surface area contributed by atoms with Gasteiger partial charge in [-0.3, -0.25) is 4.79 Å². The van der Waals surface area contributed by atoms with Crippen molar-refractivity contribution in [2.75, 3.05) is 5.32 Å². The molecule has 1 N–H and O–H groups in total. The highest BCUT2D eigenvalue weighted by molar-refractivity contribution is 5.69. The number of hydrogen-bond donors (Lipinski definition) is 1. The summed E-state index contributed by atoms with van der Waals surface area (Å²) in [6, 6.07) is 10.2. The molecule has 154 valence electrons. The first kappa shape index (κ1) is 22.4. The van der Waals surface area contributed by atoms with Crippen molar-refractivity contribution in [1.82, 2.24) is 9.97 Å². The Kier molecular flexibility index (Phi) is 8.21. The van der Waals surface area contributed by atoms with Gasteiger partial charge in [-0.15, -0.1) is 0 Å². The maximum absolute atomic E-state index is 11.7. The van der Waals surface area contributed by atoms with Gasteiger partial charge >= 0.3 is 5.97 Å². The van der Waals surface area contributed by atoms with Crippen LogP contribution in [0.15, 0.2) is 30.3 Å². The maximum atomic E-state index is 11.7. The molecule has 0 aliphatic carbocycles. The van der Waals surface area contributed by atoms with E-state index in [1.54, 1.807) is 6.92 Å². The van der Waals surface area contributed by atoms with E-state index in [1.807, 2.05) is 45.9 Å². The molecule has 5 nitrogen and oxygen atoms in total. The van der Waals surface area contributed by atoms with Gasteiger partial charge in [0.2, 0.25) is 5.95 Å². The normalized spacial score (nSPS) is 10.8. The SMILES string of the molecule is CC#Cc1cc(C)nc(Nc2ccc(CCCCCC(=O)OC(C)(C)C)cc2)n1. The van der Waals surface area contributed by atoms with Crippen molar-refractivity contribution in [3.8, 4) is 11.8 Å². The maximum Gasteiger partial charge on any atom is 0.306 e. The first-order valence-electron chi connectivity index (χ1n) is 10.1. The minimum absolute atomic E-state index is 0.112. The third-order valence-corrected chi connectivity index (χ3v) is 4.08. The highest BCUT2D eigenvalue weighted by Crippen LogP contribution is 2.17. The summed E-state index contributed by atoms with van der Waals surface area (Å²) >= 11 is 0. The van der Waals surface area contributed by atoms with Gasteiger partial charge in [-0.05, 0) is 83.6 Å².